The Morgan fingerprint density at radius 3 is 2.78 bits per heavy atom. The minimum atomic E-state index is -0.208. The van der Waals surface area contributed by atoms with Crippen molar-refractivity contribution in [1.82, 2.24) is 25.1 Å². The van der Waals surface area contributed by atoms with Crippen LogP contribution in [0.15, 0.2) is 24.8 Å². The molecule has 3 rings (SSSR count). The lowest BCUT2D eigenvalue weighted by Gasteiger charge is -2.32. The highest BCUT2D eigenvalue weighted by Crippen LogP contribution is 2.18. The van der Waals surface area contributed by atoms with E-state index >= 15 is 0 Å². The van der Waals surface area contributed by atoms with Crippen molar-refractivity contribution in [2.45, 2.75) is 32.4 Å². The van der Waals surface area contributed by atoms with Gasteiger partial charge in [0.2, 0.25) is 0 Å². The summed E-state index contributed by atoms with van der Waals surface area (Å²) >= 11 is 6.07. The van der Waals surface area contributed by atoms with E-state index in [1.165, 1.54) is 0 Å². The molecule has 1 amide bonds. The van der Waals surface area contributed by atoms with Gasteiger partial charge in [0.05, 0.1) is 11.2 Å². The summed E-state index contributed by atoms with van der Waals surface area (Å²) in [5, 5.41) is 7.61. The van der Waals surface area contributed by atoms with Crippen molar-refractivity contribution in [2.75, 3.05) is 18.0 Å². The Bertz CT molecular complexity index is 666. The van der Waals surface area contributed by atoms with Gasteiger partial charge in [0.15, 0.2) is 5.69 Å². The van der Waals surface area contributed by atoms with Crippen LogP contribution in [0.1, 0.15) is 30.3 Å². The quantitative estimate of drug-likeness (QED) is 0.921. The summed E-state index contributed by atoms with van der Waals surface area (Å²) in [6, 6.07) is 0.123. The normalized spacial score (nSPS) is 15.7. The monoisotopic (exact) mass is 334 g/mol. The van der Waals surface area contributed by atoms with Gasteiger partial charge >= 0.3 is 0 Å². The Kier molecular flexibility index (Phi) is 4.76. The van der Waals surface area contributed by atoms with Gasteiger partial charge < -0.3 is 10.2 Å². The second-order valence-corrected chi connectivity index (χ2v) is 5.89. The predicted molar refractivity (Wildman–Crippen MR) is 87.6 cm³/mol. The van der Waals surface area contributed by atoms with Crippen LogP contribution in [0.5, 0.6) is 0 Å². The maximum atomic E-state index is 12.3. The molecule has 1 aliphatic rings. The number of carbonyl (C=O) groups is 1. The van der Waals surface area contributed by atoms with Crippen molar-refractivity contribution in [2.24, 2.45) is 0 Å². The van der Waals surface area contributed by atoms with E-state index in [2.05, 4.69) is 25.3 Å². The first-order valence-electron chi connectivity index (χ1n) is 7.72. The molecule has 1 saturated heterocycles. The predicted octanol–water partition coefficient (Wildman–Crippen LogP) is 1.75. The van der Waals surface area contributed by atoms with Crippen LogP contribution in [0.3, 0.4) is 0 Å². The maximum absolute atomic E-state index is 12.3. The third kappa shape index (κ3) is 3.61. The van der Waals surface area contributed by atoms with Crippen LogP contribution in [0.2, 0.25) is 5.02 Å². The van der Waals surface area contributed by atoms with Crippen LogP contribution in [0.25, 0.3) is 0 Å². The fourth-order valence-corrected chi connectivity index (χ4v) is 2.91. The number of aryl methyl sites for hydroxylation is 1. The highest BCUT2D eigenvalue weighted by molar-refractivity contribution is 6.33. The number of hydrogen-bond donors (Lipinski definition) is 1. The van der Waals surface area contributed by atoms with Gasteiger partial charge in [0.25, 0.3) is 5.91 Å². The molecule has 3 heterocycles. The van der Waals surface area contributed by atoms with Crippen LogP contribution in [0.4, 0.5) is 5.82 Å². The molecule has 1 fully saturated rings. The highest BCUT2D eigenvalue weighted by Gasteiger charge is 2.24. The second-order valence-electron chi connectivity index (χ2n) is 5.48. The zero-order valence-electron chi connectivity index (χ0n) is 12.9. The Morgan fingerprint density at radius 2 is 2.17 bits per heavy atom. The van der Waals surface area contributed by atoms with Gasteiger partial charge in [-0.15, -0.1) is 0 Å². The summed E-state index contributed by atoms with van der Waals surface area (Å²) < 4.78 is 1.66. The van der Waals surface area contributed by atoms with Crippen molar-refractivity contribution >= 4 is 23.3 Å². The van der Waals surface area contributed by atoms with Gasteiger partial charge in [0, 0.05) is 44.3 Å². The summed E-state index contributed by atoms with van der Waals surface area (Å²) in [6.07, 6.45) is 8.50. The fourth-order valence-electron chi connectivity index (χ4n) is 2.67. The third-order valence-corrected chi connectivity index (χ3v) is 4.24. The molecule has 0 aliphatic carbocycles. The first-order valence-corrected chi connectivity index (χ1v) is 8.10. The zero-order chi connectivity index (χ0) is 16.2. The molecular formula is C15H19ClN6O. The molecule has 0 aromatic carbocycles. The molecule has 23 heavy (non-hydrogen) atoms. The van der Waals surface area contributed by atoms with E-state index in [9.17, 15) is 4.79 Å². The van der Waals surface area contributed by atoms with E-state index in [4.69, 9.17) is 11.6 Å². The number of piperidine rings is 1. The summed E-state index contributed by atoms with van der Waals surface area (Å²) in [6.45, 7) is 4.30. The SMILES string of the molecule is CCn1cc(Cl)c(C(=O)NC2CCN(c3cnccn3)CC2)n1. The second kappa shape index (κ2) is 6.95. The lowest BCUT2D eigenvalue weighted by molar-refractivity contribution is 0.0925. The van der Waals surface area contributed by atoms with Crippen LogP contribution >= 0.6 is 11.6 Å². The molecule has 1 aliphatic heterocycles. The van der Waals surface area contributed by atoms with Crippen molar-refractivity contribution in [1.29, 1.82) is 0 Å². The molecule has 0 atom stereocenters. The average Bonchev–Trinajstić information content (AvgIpc) is 2.97. The van der Waals surface area contributed by atoms with E-state index in [1.807, 2.05) is 6.92 Å². The number of hydrogen-bond acceptors (Lipinski definition) is 5. The van der Waals surface area contributed by atoms with Gasteiger partial charge in [-0.3, -0.25) is 14.5 Å². The van der Waals surface area contributed by atoms with Gasteiger partial charge in [-0.05, 0) is 19.8 Å². The molecule has 0 radical (unpaired) electrons. The lowest BCUT2D eigenvalue weighted by atomic mass is 10.0. The Hall–Kier alpha value is -2.15. The molecule has 8 heteroatoms. The molecule has 0 unspecified atom stereocenters. The summed E-state index contributed by atoms with van der Waals surface area (Å²) in [4.78, 5) is 22.9. The van der Waals surface area contributed by atoms with E-state index in [1.54, 1.807) is 29.5 Å². The number of nitrogens with zero attached hydrogens (tertiary/aromatic N) is 5. The summed E-state index contributed by atoms with van der Waals surface area (Å²) in [7, 11) is 0. The molecule has 122 valence electrons. The Balaban J connectivity index is 1.56. The number of carbonyl (C=O) groups excluding carboxylic acids is 1. The number of amides is 1. The molecule has 2 aromatic rings. The molecule has 1 N–H and O–H groups in total. The first-order chi connectivity index (χ1) is 11.2. The van der Waals surface area contributed by atoms with Crippen LogP contribution in [0, 0.1) is 0 Å². The number of aromatic nitrogens is 4. The largest absolute Gasteiger partial charge is 0.355 e. The fraction of sp³-hybridized carbons (Fsp3) is 0.467. The maximum Gasteiger partial charge on any atom is 0.273 e. The topological polar surface area (TPSA) is 75.9 Å². The molecular weight excluding hydrogens is 316 g/mol. The van der Waals surface area contributed by atoms with E-state index in [0.29, 0.717) is 17.3 Å². The molecule has 0 saturated carbocycles. The van der Waals surface area contributed by atoms with Crippen molar-refractivity contribution in [3.63, 3.8) is 0 Å². The van der Waals surface area contributed by atoms with Gasteiger partial charge in [0.1, 0.15) is 5.82 Å². The zero-order valence-corrected chi connectivity index (χ0v) is 13.7. The number of nitrogens with one attached hydrogen (secondary N) is 1. The average molecular weight is 335 g/mol. The molecule has 0 bridgehead atoms. The minimum absolute atomic E-state index is 0.123. The van der Waals surface area contributed by atoms with Crippen molar-refractivity contribution in [3.8, 4) is 0 Å². The molecule has 0 spiro atoms. The third-order valence-electron chi connectivity index (χ3n) is 3.96. The van der Waals surface area contributed by atoms with Gasteiger partial charge in [-0.2, -0.15) is 5.10 Å². The minimum Gasteiger partial charge on any atom is -0.355 e. The van der Waals surface area contributed by atoms with E-state index in [0.717, 1.165) is 31.7 Å². The number of halogens is 1. The summed E-state index contributed by atoms with van der Waals surface area (Å²) in [5.74, 6) is 0.669. The number of anilines is 1. The van der Waals surface area contributed by atoms with E-state index < -0.39 is 0 Å². The first kappa shape index (κ1) is 15.7. The van der Waals surface area contributed by atoms with Crippen molar-refractivity contribution in [3.05, 3.63) is 35.5 Å². The molecule has 2 aromatic heterocycles. The van der Waals surface area contributed by atoms with Crippen LogP contribution in [-0.2, 0) is 6.54 Å². The van der Waals surface area contributed by atoms with Crippen LogP contribution in [-0.4, -0.2) is 44.8 Å². The summed E-state index contributed by atoms with van der Waals surface area (Å²) in [5.41, 5.74) is 0.296. The van der Waals surface area contributed by atoms with Crippen LogP contribution < -0.4 is 10.2 Å². The van der Waals surface area contributed by atoms with Gasteiger partial charge in [-0.1, -0.05) is 11.6 Å². The molecule has 7 nitrogen and oxygen atoms in total. The number of rotatable bonds is 4. The van der Waals surface area contributed by atoms with Gasteiger partial charge in [-0.25, -0.2) is 4.98 Å². The standard InChI is InChI=1S/C15H19ClN6O/c1-2-22-10-12(16)14(20-22)15(23)19-11-3-7-21(8-4-11)13-9-17-5-6-18-13/h5-6,9-11H,2-4,7-8H2,1H3,(H,19,23). The smallest absolute Gasteiger partial charge is 0.273 e. The highest BCUT2D eigenvalue weighted by atomic mass is 35.5. The van der Waals surface area contributed by atoms with E-state index in [-0.39, 0.29) is 11.9 Å². The Labute approximate surface area is 139 Å². The van der Waals surface area contributed by atoms with Crippen molar-refractivity contribution < 1.29 is 4.79 Å². The lowest BCUT2D eigenvalue weighted by Crippen LogP contribution is -2.45. The Morgan fingerprint density at radius 1 is 1.39 bits per heavy atom.